The van der Waals surface area contributed by atoms with Crippen molar-refractivity contribution in [2.24, 2.45) is 0 Å². The summed E-state index contributed by atoms with van der Waals surface area (Å²) in [6.07, 6.45) is 1.31. The number of aromatic nitrogens is 1. The van der Waals surface area contributed by atoms with E-state index in [9.17, 15) is 13.2 Å². The SMILES string of the molecule is COc1ccc(CNC(=O)[C@@H](C)Sc2ccc(S(=O)(=O)N(C)C)cn2)cc1. The van der Waals surface area contributed by atoms with Crippen LogP contribution in [0.25, 0.3) is 0 Å². The van der Waals surface area contributed by atoms with Crippen molar-refractivity contribution >= 4 is 27.7 Å². The average molecular weight is 410 g/mol. The van der Waals surface area contributed by atoms with Gasteiger partial charge in [-0.1, -0.05) is 23.9 Å². The van der Waals surface area contributed by atoms with E-state index in [4.69, 9.17) is 4.74 Å². The Labute approximate surface area is 164 Å². The highest BCUT2D eigenvalue weighted by atomic mass is 32.2. The third kappa shape index (κ3) is 5.69. The molecule has 2 aromatic rings. The van der Waals surface area contributed by atoms with Gasteiger partial charge in [0.2, 0.25) is 15.9 Å². The molecule has 9 heteroatoms. The van der Waals surface area contributed by atoms with Crippen molar-refractivity contribution in [2.75, 3.05) is 21.2 Å². The Kier molecular flexibility index (Phi) is 7.23. The largest absolute Gasteiger partial charge is 0.497 e. The zero-order chi connectivity index (χ0) is 20.0. The first-order chi connectivity index (χ1) is 12.7. The lowest BCUT2D eigenvalue weighted by Crippen LogP contribution is -2.30. The molecule has 0 radical (unpaired) electrons. The highest BCUT2D eigenvalue weighted by Gasteiger charge is 2.19. The molecule has 1 aromatic heterocycles. The first kappa shape index (κ1) is 21.2. The minimum absolute atomic E-state index is 0.119. The third-order valence-electron chi connectivity index (χ3n) is 3.78. The molecule has 27 heavy (non-hydrogen) atoms. The van der Waals surface area contributed by atoms with Crippen LogP contribution in [0, 0.1) is 0 Å². The summed E-state index contributed by atoms with van der Waals surface area (Å²) in [6, 6.07) is 10.6. The monoisotopic (exact) mass is 409 g/mol. The van der Waals surface area contributed by atoms with Crippen LogP contribution in [0.4, 0.5) is 0 Å². The first-order valence-electron chi connectivity index (χ1n) is 8.20. The van der Waals surface area contributed by atoms with Gasteiger partial charge in [0.15, 0.2) is 0 Å². The molecule has 0 saturated heterocycles. The van der Waals surface area contributed by atoms with E-state index in [0.29, 0.717) is 11.6 Å². The van der Waals surface area contributed by atoms with Crippen molar-refractivity contribution < 1.29 is 17.9 Å². The molecule has 0 bridgehead atoms. The molecule has 1 aromatic carbocycles. The van der Waals surface area contributed by atoms with Gasteiger partial charge in [0.05, 0.1) is 17.4 Å². The van der Waals surface area contributed by atoms with Gasteiger partial charge in [0.1, 0.15) is 10.6 Å². The van der Waals surface area contributed by atoms with Crippen LogP contribution in [-0.4, -0.2) is 50.1 Å². The summed E-state index contributed by atoms with van der Waals surface area (Å²) in [5.41, 5.74) is 0.970. The number of carbonyl (C=O) groups is 1. The van der Waals surface area contributed by atoms with Gasteiger partial charge in [-0.3, -0.25) is 4.79 Å². The van der Waals surface area contributed by atoms with Crippen molar-refractivity contribution in [3.63, 3.8) is 0 Å². The van der Waals surface area contributed by atoms with E-state index < -0.39 is 10.0 Å². The van der Waals surface area contributed by atoms with Crippen LogP contribution in [0.5, 0.6) is 5.75 Å². The average Bonchev–Trinajstić information content (AvgIpc) is 2.66. The molecule has 0 aliphatic rings. The number of carbonyl (C=O) groups excluding carboxylic acids is 1. The van der Waals surface area contributed by atoms with Crippen molar-refractivity contribution in [1.29, 1.82) is 0 Å². The van der Waals surface area contributed by atoms with Gasteiger partial charge in [-0.2, -0.15) is 0 Å². The minimum atomic E-state index is -3.51. The predicted molar refractivity (Wildman–Crippen MR) is 105 cm³/mol. The number of nitrogens with one attached hydrogen (secondary N) is 1. The Balaban J connectivity index is 1.91. The van der Waals surface area contributed by atoms with E-state index in [1.54, 1.807) is 20.1 Å². The fourth-order valence-electron chi connectivity index (χ4n) is 2.11. The highest BCUT2D eigenvalue weighted by Crippen LogP contribution is 2.23. The molecule has 0 unspecified atom stereocenters. The number of sulfonamides is 1. The van der Waals surface area contributed by atoms with Crippen LogP contribution in [0.2, 0.25) is 0 Å². The zero-order valence-corrected chi connectivity index (χ0v) is 17.3. The fraction of sp³-hybridized carbons (Fsp3) is 0.333. The van der Waals surface area contributed by atoms with Crippen molar-refractivity contribution in [3.05, 3.63) is 48.2 Å². The van der Waals surface area contributed by atoms with E-state index in [-0.39, 0.29) is 16.1 Å². The maximum absolute atomic E-state index is 12.3. The molecular formula is C18H23N3O4S2. The molecule has 0 aliphatic heterocycles. The predicted octanol–water partition coefficient (Wildman–Crippen LogP) is 2.14. The number of methoxy groups -OCH3 is 1. The topological polar surface area (TPSA) is 88.6 Å². The fourth-order valence-corrected chi connectivity index (χ4v) is 3.77. The van der Waals surface area contributed by atoms with Crippen molar-refractivity contribution in [1.82, 2.24) is 14.6 Å². The third-order valence-corrected chi connectivity index (χ3v) is 6.63. The molecule has 1 heterocycles. The van der Waals surface area contributed by atoms with Gasteiger partial charge in [-0.15, -0.1) is 0 Å². The van der Waals surface area contributed by atoms with Crippen LogP contribution in [0.15, 0.2) is 52.5 Å². The molecule has 7 nitrogen and oxygen atoms in total. The quantitative estimate of drug-likeness (QED) is 0.672. The molecule has 146 valence electrons. The summed E-state index contributed by atoms with van der Waals surface area (Å²) < 4.78 is 30.3. The van der Waals surface area contributed by atoms with Gasteiger partial charge in [-0.25, -0.2) is 17.7 Å². The van der Waals surface area contributed by atoms with E-state index in [2.05, 4.69) is 10.3 Å². The summed E-state index contributed by atoms with van der Waals surface area (Å²) in [5, 5.41) is 3.09. The molecule has 2 rings (SSSR count). The maximum Gasteiger partial charge on any atom is 0.244 e. The van der Waals surface area contributed by atoms with Crippen LogP contribution >= 0.6 is 11.8 Å². The summed E-state index contributed by atoms with van der Waals surface area (Å²) in [7, 11) is 1.02. The second-order valence-corrected chi connectivity index (χ2v) is 9.46. The Hall–Kier alpha value is -2.10. The number of nitrogens with zero attached hydrogens (tertiary/aromatic N) is 2. The molecule has 0 aliphatic carbocycles. The van der Waals surface area contributed by atoms with Crippen molar-refractivity contribution in [3.8, 4) is 5.75 Å². The van der Waals surface area contributed by atoms with Crippen molar-refractivity contribution in [2.45, 2.75) is 28.6 Å². The lowest BCUT2D eigenvalue weighted by molar-refractivity contribution is -0.120. The molecule has 0 saturated carbocycles. The minimum Gasteiger partial charge on any atom is -0.497 e. The Morgan fingerprint density at radius 2 is 1.89 bits per heavy atom. The van der Waals surface area contributed by atoms with Crippen LogP contribution in [-0.2, 0) is 21.4 Å². The number of benzene rings is 1. The highest BCUT2D eigenvalue weighted by molar-refractivity contribution is 8.00. The zero-order valence-electron chi connectivity index (χ0n) is 15.7. The van der Waals surface area contributed by atoms with E-state index >= 15 is 0 Å². The van der Waals surface area contributed by atoms with E-state index in [1.165, 1.54) is 38.1 Å². The summed E-state index contributed by atoms with van der Waals surface area (Å²) in [4.78, 5) is 16.5. The lowest BCUT2D eigenvalue weighted by atomic mass is 10.2. The second-order valence-electron chi connectivity index (χ2n) is 5.95. The normalized spacial score (nSPS) is 12.6. The molecule has 1 amide bonds. The number of pyridine rings is 1. The Morgan fingerprint density at radius 1 is 1.22 bits per heavy atom. The first-order valence-corrected chi connectivity index (χ1v) is 10.5. The van der Waals surface area contributed by atoms with Gasteiger partial charge in [0.25, 0.3) is 0 Å². The molecule has 1 atom stereocenters. The summed E-state index contributed by atoms with van der Waals surface area (Å²) in [5.74, 6) is 0.641. The molecule has 0 fully saturated rings. The Morgan fingerprint density at radius 3 is 2.41 bits per heavy atom. The van der Waals surface area contributed by atoms with Crippen LogP contribution in [0.1, 0.15) is 12.5 Å². The van der Waals surface area contributed by atoms with Gasteiger partial charge in [-0.05, 0) is 36.8 Å². The number of amides is 1. The second kappa shape index (κ2) is 9.20. The van der Waals surface area contributed by atoms with Gasteiger partial charge in [0, 0.05) is 26.8 Å². The van der Waals surface area contributed by atoms with Gasteiger partial charge < -0.3 is 10.1 Å². The molecular weight excluding hydrogens is 386 g/mol. The maximum atomic E-state index is 12.3. The smallest absolute Gasteiger partial charge is 0.244 e. The standard InChI is InChI=1S/C18H23N3O4S2/c1-13(18(22)20-11-14-5-7-15(25-4)8-6-14)26-17-10-9-16(12-19-17)27(23,24)21(2)3/h5-10,12-13H,11H2,1-4H3,(H,20,22)/t13-/m1/s1. The van der Waals surface area contributed by atoms with Crippen LogP contribution < -0.4 is 10.1 Å². The van der Waals surface area contributed by atoms with Crippen LogP contribution in [0.3, 0.4) is 0 Å². The molecule has 0 spiro atoms. The number of ether oxygens (including phenoxy) is 1. The van der Waals surface area contributed by atoms with E-state index in [1.807, 2.05) is 24.3 Å². The summed E-state index contributed by atoms with van der Waals surface area (Å²) in [6.45, 7) is 2.20. The number of thioether (sulfide) groups is 1. The van der Waals surface area contributed by atoms with E-state index in [0.717, 1.165) is 15.6 Å². The summed E-state index contributed by atoms with van der Waals surface area (Å²) >= 11 is 1.27. The lowest BCUT2D eigenvalue weighted by Gasteiger charge is -2.13. The number of hydrogen-bond acceptors (Lipinski definition) is 6. The molecule has 1 N–H and O–H groups in total. The number of rotatable bonds is 8. The number of hydrogen-bond donors (Lipinski definition) is 1. The van der Waals surface area contributed by atoms with Gasteiger partial charge >= 0.3 is 0 Å². The Bertz CT molecular complexity index is 866.